The van der Waals surface area contributed by atoms with Crippen molar-refractivity contribution >= 4 is 57.8 Å². The molecular weight excluding hydrogens is 636 g/mol. The zero-order valence-electron chi connectivity index (χ0n) is 21.4. The van der Waals surface area contributed by atoms with E-state index in [1.165, 1.54) is 28.4 Å². The number of aromatic carboxylic acids is 1. The van der Waals surface area contributed by atoms with Crippen LogP contribution < -0.4 is 5.56 Å². The van der Waals surface area contributed by atoms with Gasteiger partial charge in [-0.1, -0.05) is 23.2 Å². The molecule has 2 aliphatic heterocycles. The third-order valence-electron chi connectivity index (χ3n) is 6.66. The largest absolute Gasteiger partial charge is 0.490 e. The number of tetrazole rings is 1. The first-order valence-corrected chi connectivity index (χ1v) is 13.8. The van der Waals surface area contributed by atoms with E-state index in [9.17, 15) is 27.9 Å². The Labute approximate surface area is 253 Å². The Morgan fingerprint density at radius 3 is 2.47 bits per heavy atom. The van der Waals surface area contributed by atoms with Gasteiger partial charge in [0, 0.05) is 46.2 Å². The summed E-state index contributed by atoms with van der Waals surface area (Å²) in [6.07, 6.45) is -0.0103. The number of pyridine rings is 1. The highest BCUT2D eigenvalue weighted by atomic mass is 35.5. The average molecular weight is 653 g/mol. The van der Waals surface area contributed by atoms with Gasteiger partial charge in [-0.05, 0) is 64.1 Å². The fourth-order valence-corrected chi connectivity index (χ4v) is 6.06. The maximum Gasteiger partial charge on any atom is 0.490 e. The van der Waals surface area contributed by atoms with Crippen LogP contribution in [0.5, 0.6) is 0 Å². The predicted octanol–water partition coefficient (Wildman–Crippen LogP) is 5.56. The number of aliphatic carboxylic acids is 1. The van der Waals surface area contributed by atoms with E-state index in [2.05, 4.69) is 20.5 Å². The summed E-state index contributed by atoms with van der Waals surface area (Å²) >= 11 is 14.4. The predicted molar refractivity (Wildman–Crippen MR) is 151 cm³/mol. The number of fused-ring (bicyclic) bond motifs is 1. The van der Waals surface area contributed by atoms with Crippen molar-refractivity contribution in [3.05, 3.63) is 84.8 Å². The summed E-state index contributed by atoms with van der Waals surface area (Å²) in [6, 6.07) is 8.20. The van der Waals surface area contributed by atoms with Crippen LogP contribution in [0.3, 0.4) is 0 Å². The number of alkyl halides is 3. The maximum absolute atomic E-state index is 13.4. The molecule has 0 aliphatic carbocycles. The summed E-state index contributed by atoms with van der Waals surface area (Å²) in [6.45, 7) is 0. The van der Waals surface area contributed by atoms with Gasteiger partial charge < -0.3 is 14.8 Å². The minimum atomic E-state index is -5.08. The number of hydrogen-bond acceptors (Lipinski definition) is 8. The summed E-state index contributed by atoms with van der Waals surface area (Å²) in [4.78, 5) is 38.4. The van der Waals surface area contributed by atoms with Crippen LogP contribution in [0.15, 0.2) is 58.0 Å². The fraction of sp³-hybridized carbons (Fsp3) is 0.192. The summed E-state index contributed by atoms with van der Waals surface area (Å²) in [5.41, 5.74) is 5.05. The first kappa shape index (κ1) is 30.1. The Bertz CT molecular complexity index is 1870. The van der Waals surface area contributed by atoms with Crippen molar-refractivity contribution in [3.8, 4) is 16.8 Å². The van der Waals surface area contributed by atoms with Crippen molar-refractivity contribution in [2.45, 2.75) is 31.5 Å². The lowest BCUT2D eigenvalue weighted by molar-refractivity contribution is -0.192. The van der Waals surface area contributed by atoms with Gasteiger partial charge in [0.15, 0.2) is 0 Å². The Balaban J connectivity index is 0.000000472. The second-order valence-corrected chi connectivity index (χ2v) is 11.0. The van der Waals surface area contributed by atoms with E-state index in [4.69, 9.17) is 33.1 Å². The minimum absolute atomic E-state index is 0.186. The zero-order valence-corrected chi connectivity index (χ0v) is 23.7. The molecule has 6 rings (SSSR count). The van der Waals surface area contributed by atoms with Gasteiger partial charge in [-0.15, -0.1) is 16.4 Å². The lowest BCUT2D eigenvalue weighted by Gasteiger charge is -2.18. The van der Waals surface area contributed by atoms with Crippen LogP contribution in [0.2, 0.25) is 10.0 Å². The standard InChI is InChI=1S/C24H16Cl2N6O3S.C2HF3O2/c25-14-1-2-18(31-11-28-29-30-31)15(7-14)16-8-22(33)32-19(3-4-20(32)23(16)26)17-5-12(9-27-17)13-6-21(24(34)35)36-10-13;3-2(4,5)1(6)7/h1-2,6-11,19H,3-5H2,(H,34,35);(H,6,7)/t19-;/m0./s1. The van der Waals surface area contributed by atoms with Crippen LogP contribution in [-0.4, -0.2) is 58.8 Å². The summed E-state index contributed by atoms with van der Waals surface area (Å²) in [5.74, 6) is -3.71. The number of carbonyl (C=O) groups is 2. The Morgan fingerprint density at radius 2 is 1.84 bits per heavy atom. The molecule has 2 N–H and O–H groups in total. The third-order valence-corrected chi connectivity index (χ3v) is 8.24. The van der Waals surface area contributed by atoms with E-state index < -0.39 is 18.1 Å². The molecule has 4 aromatic rings. The molecule has 43 heavy (non-hydrogen) atoms. The Morgan fingerprint density at radius 1 is 1.09 bits per heavy atom. The highest BCUT2D eigenvalue weighted by Crippen LogP contribution is 2.41. The number of allylic oxidation sites excluding steroid dienone is 1. The zero-order chi connectivity index (χ0) is 31.1. The highest BCUT2D eigenvalue weighted by Gasteiger charge is 2.38. The van der Waals surface area contributed by atoms with Crippen LogP contribution in [-0.2, 0) is 11.2 Å². The van der Waals surface area contributed by atoms with Gasteiger partial charge in [0.05, 0.1) is 16.8 Å². The molecule has 1 atom stereocenters. The molecule has 11 nitrogen and oxygen atoms in total. The molecule has 0 amide bonds. The highest BCUT2D eigenvalue weighted by molar-refractivity contribution is 7.12. The molecule has 5 heterocycles. The summed E-state index contributed by atoms with van der Waals surface area (Å²) in [7, 11) is 0. The van der Waals surface area contributed by atoms with Crippen LogP contribution >= 0.6 is 34.5 Å². The van der Waals surface area contributed by atoms with Crippen molar-refractivity contribution in [1.82, 2.24) is 24.8 Å². The number of halogens is 5. The molecule has 0 spiro atoms. The molecule has 2 aliphatic rings. The van der Waals surface area contributed by atoms with E-state index >= 15 is 0 Å². The molecule has 17 heteroatoms. The second kappa shape index (κ2) is 11.7. The number of rotatable bonds is 5. The van der Waals surface area contributed by atoms with E-state index in [0.717, 1.165) is 22.5 Å². The molecular formula is C26H17Cl2F3N6O5S. The normalized spacial score (nSPS) is 15.8. The minimum Gasteiger partial charge on any atom is -0.477 e. The fourth-order valence-electron chi connectivity index (χ4n) is 4.78. The van der Waals surface area contributed by atoms with Crippen LogP contribution in [0.25, 0.3) is 22.4 Å². The van der Waals surface area contributed by atoms with Gasteiger partial charge >= 0.3 is 18.1 Å². The number of hydrogen-bond donors (Lipinski definition) is 2. The average Bonchev–Trinajstić information content (AvgIpc) is 3.76. The monoisotopic (exact) mass is 652 g/mol. The van der Waals surface area contributed by atoms with Gasteiger partial charge in [0.1, 0.15) is 11.2 Å². The maximum atomic E-state index is 13.4. The smallest absolute Gasteiger partial charge is 0.477 e. The second-order valence-electron chi connectivity index (χ2n) is 9.26. The van der Waals surface area contributed by atoms with Crippen molar-refractivity contribution < 1.29 is 33.0 Å². The van der Waals surface area contributed by atoms with Crippen LogP contribution in [0.1, 0.15) is 39.8 Å². The first-order valence-electron chi connectivity index (χ1n) is 12.2. The topological polar surface area (TPSA) is 153 Å². The lowest BCUT2D eigenvalue weighted by atomic mass is 10.0. The quantitative estimate of drug-likeness (QED) is 0.284. The molecule has 0 saturated carbocycles. The number of carboxylic acid groups (broad SMARTS) is 2. The number of thiophene rings is 1. The molecule has 0 saturated heterocycles. The van der Waals surface area contributed by atoms with Crippen molar-refractivity contribution in [2.24, 2.45) is 4.99 Å². The first-order chi connectivity index (χ1) is 20.3. The summed E-state index contributed by atoms with van der Waals surface area (Å²) in [5, 5.41) is 30.5. The molecule has 3 aromatic heterocycles. The van der Waals surface area contributed by atoms with E-state index in [0.29, 0.717) is 46.1 Å². The molecule has 0 radical (unpaired) electrons. The number of benzene rings is 1. The van der Waals surface area contributed by atoms with Crippen molar-refractivity contribution in [2.75, 3.05) is 0 Å². The molecule has 0 bridgehead atoms. The molecule has 222 valence electrons. The van der Waals surface area contributed by atoms with Gasteiger partial charge in [0.2, 0.25) is 0 Å². The van der Waals surface area contributed by atoms with Crippen LogP contribution in [0.4, 0.5) is 13.2 Å². The van der Waals surface area contributed by atoms with Crippen LogP contribution in [0, 0.1) is 0 Å². The van der Waals surface area contributed by atoms with Gasteiger partial charge in [-0.25, -0.2) is 9.59 Å². The van der Waals surface area contributed by atoms with Gasteiger partial charge in [-0.2, -0.15) is 17.9 Å². The van der Waals surface area contributed by atoms with E-state index in [1.54, 1.807) is 35.0 Å². The number of nitrogens with zero attached hydrogens (tertiary/aromatic N) is 6. The molecule has 0 unspecified atom stereocenters. The van der Waals surface area contributed by atoms with Gasteiger partial charge in [-0.3, -0.25) is 9.79 Å². The van der Waals surface area contributed by atoms with Gasteiger partial charge in [0.25, 0.3) is 5.56 Å². The number of aliphatic imine (C=N–C) groups is 1. The van der Waals surface area contributed by atoms with Crippen molar-refractivity contribution in [3.63, 3.8) is 0 Å². The third kappa shape index (κ3) is 6.09. The van der Waals surface area contributed by atoms with E-state index in [-0.39, 0.29) is 16.5 Å². The lowest BCUT2D eigenvalue weighted by Crippen LogP contribution is -2.27. The molecule has 0 fully saturated rings. The number of carboxylic acids is 2. The SMILES string of the molecule is O=C(O)C(F)(F)F.O=C(O)c1cc(C2=CN=C([C@@H]3CCc4c(Cl)c(-c5cc(Cl)ccc5-n5cnnn5)cc(=O)n43)C2)cs1. The Hall–Kier alpha value is -4.34. The number of aromatic nitrogens is 5. The Kier molecular flexibility index (Phi) is 8.23. The molecule has 1 aromatic carbocycles. The van der Waals surface area contributed by atoms with Crippen molar-refractivity contribution in [1.29, 1.82) is 0 Å². The summed E-state index contributed by atoms with van der Waals surface area (Å²) < 4.78 is 35.0. The van der Waals surface area contributed by atoms with E-state index in [1.807, 2.05) is 5.38 Å².